The molecule has 0 aliphatic carbocycles. The molecule has 0 unspecified atom stereocenters. The number of nitrogens with one attached hydrogen (secondary N) is 2. The van der Waals surface area contributed by atoms with Gasteiger partial charge in [-0.2, -0.15) is 18.3 Å². The average Bonchev–Trinajstić information content (AvgIpc) is 2.67. The zero-order chi connectivity index (χ0) is 22.1. The monoisotopic (exact) mass is 438 g/mol. The van der Waals surface area contributed by atoms with Crippen molar-refractivity contribution in [1.82, 2.24) is 14.9 Å². The highest BCUT2D eigenvalue weighted by Crippen LogP contribution is 2.36. The minimum absolute atomic E-state index is 0.202. The van der Waals surface area contributed by atoms with Crippen LogP contribution in [0.4, 0.5) is 19.0 Å². The van der Waals surface area contributed by atoms with Crippen molar-refractivity contribution in [1.29, 1.82) is 5.53 Å². The fourth-order valence-electron chi connectivity index (χ4n) is 3.24. The van der Waals surface area contributed by atoms with E-state index in [1.54, 1.807) is 13.1 Å². The minimum atomic E-state index is -4.78. The van der Waals surface area contributed by atoms with Gasteiger partial charge in [0.15, 0.2) is 5.69 Å². The van der Waals surface area contributed by atoms with Gasteiger partial charge in [0, 0.05) is 31.1 Å². The van der Waals surface area contributed by atoms with Crippen molar-refractivity contribution in [3.8, 4) is 0 Å². The zero-order valence-electron chi connectivity index (χ0n) is 16.1. The molecule has 0 fully saturated rings. The highest BCUT2D eigenvalue weighted by atomic mass is 35.5. The molecule has 7 nitrogen and oxygen atoms in total. The first-order chi connectivity index (χ1) is 14.1. The minimum Gasteiger partial charge on any atom is -0.342 e. The van der Waals surface area contributed by atoms with Crippen LogP contribution in [-0.4, -0.2) is 33.4 Å². The smallest absolute Gasteiger partial charge is 0.342 e. The normalized spacial score (nSPS) is 17.1. The Kier molecular flexibility index (Phi) is 6.06. The van der Waals surface area contributed by atoms with E-state index in [0.29, 0.717) is 23.6 Å². The number of rotatable bonds is 4. The van der Waals surface area contributed by atoms with Gasteiger partial charge in [0.2, 0.25) is 0 Å². The molecule has 0 bridgehead atoms. The van der Waals surface area contributed by atoms with Gasteiger partial charge in [0.1, 0.15) is 11.5 Å². The van der Waals surface area contributed by atoms with Crippen LogP contribution in [0.3, 0.4) is 0 Å². The van der Waals surface area contributed by atoms with Gasteiger partial charge in [0.25, 0.3) is 5.91 Å². The number of aryl methyl sites for hydroxylation is 1. The molecule has 30 heavy (non-hydrogen) atoms. The number of aromatic nitrogens is 2. The number of nitrogens with zero attached hydrogens (tertiary/aromatic N) is 4. The summed E-state index contributed by atoms with van der Waals surface area (Å²) in [5.74, 6) is -0.112. The Morgan fingerprint density at radius 3 is 2.67 bits per heavy atom. The van der Waals surface area contributed by atoms with Gasteiger partial charge < -0.3 is 10.2 Å². The highest BCUT2D eigenvalue weighted by Gasteiger charge is 2.38. The number of hydrogen-bond acceptors (Lipinski definition) is 6. The Labute approximate surface area is 175 Å². The van der Waals surface area contributed by atoms with Gasteiger partial charge >= 0.3 is 6.18 Å². The molecular weight excluding hydrogens is 421 g/mol. The third kappa shape index (κ3) is 4.28. The first kappa shape index (κ1) is 21.7. The molecule has 1 aliphatic heterocycles. The molecule has 2 aromatic rings. The van der Waals surface area contributed by atoms with Crippen LogP contribution in [0.25, 0.3) is 0 Å². The quantitative estimate of drug-likeness (QED) is 0.653. The molecular formula is C19H18ClF3N6O. The molecule has 11 heteroatoms. The van der Waals surface area contributed by atoms with E-state index in [-0.39, 0.29) is 12.1 Å². The summed E-state index contributed by atoms with van der Waals surface area (Å²) >= 11 is 5.85. The van der Waals surface area contributed by atoms with E-state index >= 15 is 0 Å². The number of hydrogen-bond donors (Lipinski definition) is 2. The fourth-order valence-corrected chi connectivity index (χ4v) is 3.54. The summed E-state index contributed by atoms with van der Waals surface area (Å²) in [7, 11) is 0. The maximum absolute atomic E-state index is 13.1. The zero-order valence-corrected chi connectivity index (χ0v) is 16.8. The summed E-state index contributed by atoms with van der Waals surface area (Å²) in [4.78, 5) is 21.8. The SMILES string of the molecule is Cc1ccnc(NC2=C(N=N)[C@@H](C)N(C(=O)c3ccnc(C(F)(F)F)c3Cl)CC2)c1. The highest BCUT2D eigenvalue weighted by molar-refractivity contribution is 6.34. The summed E-state index contributed by atoms with van der Waals surface area (Å²) in [6.45, 7) is 3.76. The predicted octanol–water partition coefficient (Wildman–Crippen LogP) is 5.05. The van der Waals surface area contributed by atoms with Crippen molar-refractivity contribution >= 4 is 23.3 Å². The van der Waals surface area contributed by atoms with Crippen molar-refractivity contribution in [3.63, 3.8) is 0 Å². The lowest BCUT2D eigenvalue weighted by Gasteiger charge is -2.35. The summed E-state index contributed by atoms with van der Waals surface area (Å²) in [5.41, 5.74) is 7.84. The number of alkyl halides is 3. The molecule has 0 radical (unpaired) electrons. The third-order valence-electron chi connectivity index (χ3n) is 4.74. The summed E-state index contributed by atoms with van der Waals surface area (Å²) in [5, 5.41) is 5.93. The van der Waals surface area contributed by atoms with Gasteiger partial charge in [-0.05, 0) is 37.6 Å². The van der Waals surface area contributed by atoms with E-state index in [2.05, 4.69) is 20.4 Å². The second-order valence-electron chi connectivity index (χ2n) is 6.76. The molecule has 0 saturated carbocycles. The van der Waals surface area contributed by atoms with Crippen LogP contribution in [0.15, 0.2) is 47.1 Å². The number of carbonyl (C=O) groups excluding carboxylic acids is 1. The van der Waals surface area contributed by atoms with Crippen LogP contribution in [0.2, 0.25) is 5.02 Å². The van der Waals surface area contributed by atoms with Crippen LogP contribution in [0, 0.1) is 12.5 Å². The maximum Gasteiger partial charge on any atom is 0.434 e. The Bertz CT molecular complexity index is 1020. The predicted molar refractivity (Wildman–Crippen MR) is 104 cm³/mol. The molecule has 3 heterocycles. The van der Waals surface area contributed by atoms with Crippen molar-refractivity contribution < 1.29 is 18.0 Å². The first-order valence-electron chi connectivity index (χ1n) is 8.96. The Morgan fingerprint density at radius 2 is 2.03 bits per heavy atom. The number of carbonyl (C=O) groups is 1. The molecule has 0 aromatic carbocycles. The summed E-state index contributed by atoms with van der Waals surface area (Å²) in [6.07, 6.45) is -1.92. The fraction of sp³-hybridized carbons (Fsp3) is 0.316. The Morgan fingerprint density at radius 1 is 1.33 bits per heavy atom. The average molecular weight is 439 g/mol. The van der Waals surface area contributed by atoms with Gasteiger partial charge in [-0.3, -0.25) is 9.78 Å². The Hall–Kier alpha value is -3.01. The number of amides is 1. The molecule has 1 aliphatic rings. The van der Waals surface area contributed by atoms with Crippen molar-refractivity contribution in [2.45, 2.75) is 32.5 Å². The topological polar surface area (TPSA) is 94.3 Å². The number of pyridine rings is 2. The molecule has 3 rings (SSSR count). The molecule has 1 atom stereocenters. The second kappa shape index (κ2) is 8.39. The molecule has 0 saturated heterocycles. The molecule has 2 N–H and O–H groups in total. The van der Waals surface area contributed by atoms with Crippen molar-refractivity contribution in [3.05, 3.63) is 63.8 Å². The molecule has 0 spiro atoms. The lowest BCUT2D eigenvalue weighted by molar-refractivity contribution is -0.141. The lowest BCUT2D eigenvalue weighted by atomic mass is 10.0. The maximum atomic E-state index is 13.1. The van der Waals surface area contributed by atoms with E-state index in [4.69, 9.17) is 17.1 Å². The van der Waals surface area contributed by atoms with Crippen molar-refractivity contribution in [2.75, 3.05) is 11.9 Å². The van der Waals surface area contributed by atoms with Gasteiger partial charge in [0.05, 0.1) is 16.6 Å². The van der Waals surface area contributed by atoms with Crippen LogP contribution in [0.1, 0.15) is 35.0 Å². The molecule has 1 amide bonds. The van der Waals surface area contributed by atoms with Gasteiger partial charge in [-0.1, -0.05) is 11.6 Å². The van der Waals surface area contributed by atoms with E-state index in [9.17, 15) is 18.0 Å². The van der Waals surface area contributed by atoms with Crippen LogP contribution < -0.4 is 5.32 Å². The molecule has 2 aromatic heterocycles. The first-order valence-corrected chi connectivity index (χ1v) is 9.34. The number of halogens is 4. The van der Waals surface area contributed by atoms with Crippen LogP contribution >= 0.6 is 11.6 Å². The largest absolute Gasteiger partial charge is 0.434 e. The van der Waals surface area contributed by atoms with E-state index in [0.717, 1.165) is 17.8 Å². The van der Waals surface area contributed by atoms with E-state index < -0.39 is 28.8 Å². The van der Waals surface area contributed by atoms with E-state index in [1.807, 2.05) is 19.1 Å². The van der Waals surface area contributed by atoms with Gasteiger partial charge in [-0.15, -0.1) is 0 Å². The third-order valence-corrected chi connectivity index (χ3v) is 5.12. The Balaban J connectivity index is 1.90. The number of anilines is 1. The second-order valence-corrected chi connectivity index (χ2v) is 7.14. The van der Waals surface area contributed by atoms with Crippen LogP contribution in [-0.2, 0) is 6.18 Å². The van der Waals surface area contributed by atoms with Crippen LogP contribution in [0.5, 0.6) is 0 Å². The van der Waals surface area contributed by atoms with Gasteiger partial charge in [-0.25, -0.2) is 10.5 Å². The molecule has 158 valence electrons. The standard InChI is InChI=1S/C19H18ClF3N6O/c1-10-3-6-25-14(9-10)27-13-5-8-29(11(2)16(13)28-24)18(30)12-4-7-26-17(15(12)20)19(21,22)23/h3-4,6-7,9,11,24H,5,8H2,1-2H3,(H,25,27)/t11-/m1/s1. The summed E-state index contributed by atoms with van der Waals surface area (Å²) in [6, 6.07) is 4.16. The van der Waals surface area contributed by atoms with E-state index in [1.165, 1.54) is 4.90 Å². The summed E-state index contributed by atoms with van der Waals surface area (Å²) < 4.78 is 39.2. The van der Waals surface area contributed by atoms with Crippen molar-refractivity contribution in [2.24, 2.45) is 5.11 Å². The lowest BCUT2D eigenvalue weighted by Crippen LogP contribution is -2.44.